The number of halogens is 2. The maximum atomic E-state index is 12.3. The van der Waals surface area contributed by atoms with E-state index in [2.05, 4.69) is 21.2 Å². The SMILES string of the molecule is CCOc1cc(Br)c(CC(=O)Nc2ccccc2Cl)cc1OCC. The molecule has 24 heavy (non-hydrogen) atoms. The second kappa shape index (κ2) is 8.94. The van der Waals surface area contributed by atoms with Crippen LogP contribution in [0.3, 0.4) is 0 Å². The second-order valence-electron chi connectivity index (χ2n) is 4.96. The highest BCUT2D eigenvalue weighted by atomic mass is 79.9. The van der Waals surface area contributed by atoms with E-state index in [9.17, 15) is 4.79 Å². The summed E-state index contributed by atoms with van der Waals surface area (Å²) in [5, 5.41) is 3.32. The molecule has 0 aliphatic heterocycles. The highest BCUT2D eigenvalue weighted by Crippen LogP contribution is 2.34. The third kappa shape index (κ3) is 4.89. The fraction of sp³-hybridized carbons (Fsp3) is 0.278. The average Bonchev–Trinajstić information content (AvgIpc) is 2.54. The minimum absolute atomic E-state index is 0.157. The van der Waals surface area contributed by atoms with Gasteiger partial charge in [0.2, 0.25) is 5.91 Å². The second-order valence-corrected chi connectivity index (χ2v) is 6.22. The molecule has 0 bridgehead atoms. The summed E-state index contributed by atoms with van der Waals surface area (Å²) in [4.78, 5) is 12.3. The Labute approximate surface area is 155 Å². The summed E-state index contributed by atoms with van der Waals surface area (Å²) in [6.45, 7) is 4.88. The summed E-state index contributed by atoms with van der Waals surface area (Å²) in [6, 6.07) is 10.8. The van der Waals surface area contributed by atoms with Crippen LogP contribution in [-0.2, 0) is 11.2 Å². The molecule has 0 radical (unpaired) electrons. The van der Waals surface area contributed by atoms with Gasteiger partial charge in [-0.2, -0.15) is 0 Å². The van der Waals surface area contributed by atoms with E-state index in [-0.39, 0.29) is 12.3 Å². The first kappa shape index (κ1) is 18.6. The van der Waals surface area contributed by atoms with Crippen molar-refractivity contribution in [2.45, 2.75) is 20.3 Å². The van der Waals surface area contributed by atoms with Crippen molar-refractivity contribution < 1.29 is 14.3 Å². The van der Waals surface area contributed by atoms with Crippen LogP contribution in [-0.4, -0.2) is 19.1 Å². The Hall–Kier alpha value is -1.72. The Bertz CT molecular complexity index is 721. The van der Waals surface area contributed by atoms with Gasteiger partial charge in [-0.15, -0.1) is 0 Å². The summed E-state index contributed by atoms with van der Waals surface area (Å²) in [5.74, 6) is 1.12. The van der Waals surface area contributed by atoms with Crippen molar-refractivity contribution in [1.29, 1.82) is 0 Å². The van der Waals surface area contributed by atoms with Gasteiger partial charge in [0.1, 0.15) is 0 Å². The molecule has 0 unspecified atom stereocenters. The van der Waals surface area contributed by atoms with Crippen molar-refractivity contribution in [2.24, 2.45) is 0 Å². The standard InChI is InChI=1S/C18H19BrClNO3/c1-3-23-16-9-12(13(19)11-17(16)24-4-2)10-18(22)21-15-8-6-5-7-14(15)20/h5-9,11H,3-4,10H2,1-2H3,(H,21,22). The number of anilines is 1. The van der Waals surface area contributed by atoms with Crippen LogP contribution in [0.2, 0.25) is 5.02 Å². The molecule has 2 aromatic rings. The molecule has 0 saturated carbocycles. The Morgan fingerprint density at radius 3 is 2.38 bits per heavy atom. The first-order chi connectivity index (χ1) is 11.5. The van der Waals surface area contributed by atoms with Crippen LogP contribution in [0.1, 0.15) is 19.4 Å². The van der Waals surface area contributed by atoms with Gasteiger partial charge in [-0.3, -0.25) is 4.79 Å². The van der Waals surface area contributed by atoms with Gasteiger partial charge in [0, 0.05) is 4.47 Å². The van der Waals surface area contributed by atoms with Crippen molar-refractivity contribution in [3.05, 3.63) is 51.5 Å². The van der Waals surface area contributed by atoms with E-state index in [1.165, 1.54) is 0 Å². The third-order valence-corrected chi connectivity index (χ3v) is 4.28. The van der Waals surface area contributed by atoms with Gasteiger partial charge >= 0.3 is 0 Å². The van der Waals surface area contributed by atoms with Crippen molar-refractivity contribution in [3.8, 4) is 11.5 Å². The van der Waals surface area contributed by atoms with E-state index in [4.69, 9.17) is 21.1 Å². The van der Waals surface area contributed by atoms with Crippen LogP contribution >= 0.6 is 27.5 Å². The smallest absolute Gasteiger partial charge is 0.228 e. The predicted octanol–water partition coefficient (Wildman–Crippen LogP) is 5.08. The third-order valence-electron chi connectivity index (χ3n) is 3.21. The molecule has 128 valence electrons. The molecule has 0 heterocycles. The van der Waals surface area contributed by atoms with E-state index in [1.807, 2.05) is 38.1 Å². The van der Waals surface area contributed by atoms with Gasteiger partial charge in [0.25, 0.3) is 0 Å². The molecule has 6 heteroatoms. The average molecular weight is 413 g/mol. The molecule has 2 aromatic carbocycles. The highest BCUT2D eigenvalue weighted by molar-refractivity contribution is 9.10. The van der Waals surface area contributed by atoms with Gasteiger partial charge in [0.15, 0.2) is 11.5 Å². The van der Waals surface area contributed by atoms with Gasteiger partial charge in [-0.1, -0.05) is 39.7 Å². The quantitative estimate of drug-likeness (QED) is 0.690. The molecule has 0 spiro atoms. The number of benzene rings is 2. The van der Waals surface area contributed by atoms with Crippen molar-refractivity contribution in [2.75, 3.05) is 18.5 Å². The molecular weight excluding hydrogens is 394 g/mol. The number of carbonyl (C=O) groups excluding carboxylic acids is 1. The fourth-order valence-corrected chi connectivity index (χ4v) is 2.82. The van der Waals surface area contributed by atoms with E-state index < -0.39 is 0 Å². The lowest BCUT2D eigenvalue weighted by atomic mass is 10.1. The Morgan fingerprint density at radius 1 is 1.12 bits per heavy atom. The first-order valence-electron chi connectivity index (χ1n) is 7.67. The molecule has 0 aromatic heterocycles. The van der Waals surface area contributed by atoms with Gasteiger partial charge in [-0.25, -0.2) is 0 Å². The van der Waals surface area contributed by atoms with Crippen molar-refractivity contribution in [1.82, 2.24) is 0 Å². The number of para-hydroxylation sites is 1. The number of carbonyl (C=O) groups is 1. The zero-order valence-corrected chi connectivity index (χ0v) is 15.9. The molecule has 0 atom stereocenters. The van der Waals surface area contributed by atoms with E-state index in [1.54, 1.807) is 12.1 Å². The van der Waals surface area contributed by atoms with Crippen LogP contribution in [0.25, 0.3) is 0 Å². The maximum Gasteiger partial charge on any atom is 0.228 e. The maximum absolute atomic E-state index is 12.3. The number of hydrogen-bond donors (Lipinski definition) is 1. The summed E-state index contributed by atoms with van der Waals surface area (Å²) in [6.07, 6.45) is 0.193. The minimum Gasteiger partial charge on any atom is -0.490 e. The topological polar surface area (TPSA) is 47.6 Å². The number of amides is 1. The molecule has 1 N–H and O–H groups in total. The molecule has 0 fully saturated rings. The van der Waals surface area contributed by atoms with E-state index in [0.29, 0.717) is 35.4 Å². The Kier molecular flexibility index (Phi) is 6.94. The lowest BCUT2D eigenvalue weighted by molar-refractivity contribution is -0.115. The summed E-state index contributed by atoms with van der Waals surface area (Å²) < 4.78 is 12.0. The summed E-state index contributed by atoms with van der Waals surface area (Å²) in [7, 11) is 0. The first-order valence-corrected chi connectivity index (χ1v) is 8.84. The van der Waals surface area contributed by atoms with Crippen molar-refractivity contribution >= 4 is 39.1 Å². The van der Waals surface area contributed by atoms with Crippen LogP contribution in [0.4, 0.5) is 5.69 Å². The molecule has 0 aliphatic rings. The van der Waals surface area contributed by atoms with Crippen LogP contribution in [0.15, 0.2) is 40.9 Å². The Balaban J connectivity index is 2.17. The molecule has 4 nitrogen and oxygen atoms in total. The van der Waals surface area contributed by atoms with Gasteiger partial charge in [0.05, 0.1) is 30.3 Å². The molecule has 0 aliphatic carbocycles. The lowest BCUT2D eigenvalue weighted by Gasteiger charge is -2.14. The molecule has 2 rings (SSSR count). The monoisotopic (exact) mass is 411 g/mol. The molecular formula is C18H19BrClNO3. The van der Waals surface area contributed by atoms with E-state index in [0.717, 1.165) is 10.0 Å². The summed E-state index contributed by atoms with van der Waals surface area (Å²) >= 11 is 9.55. The van der Waals surface area contributed by atoms with E-state index >= 15 is 0 Å². The molecule has 1 amide bonds. The number of nitrogens with one attached hydrogen (secondary N) is 1. The number of ether oxygens (including phenoxy) is 2. The van der Waals surface area contributed by atoms with Crippen molar-refractivity contribution in [3.63, 3.8) is 0 Å². The highest BCUT2D eigenvalue weighted by Gasteiger charge is 2.14. The van der Waals surface area contributed by atoms with Crippen LogP contribution < -0.4 is 14.8 Å². The minimum atomic E-state index is -0.157. The normalized spacial score (nSPS) is 10.3. The fourth-order valence-electron chi connectivity index (χ4n) is 2.18. The van der Waals surface area contributed by atoms with Crippen LogP contribution in [0, 0.1) is 0 Å². The number of rotatable bonds is 7. The lowest BCUT2D eigenvalue weighted by Crippen LogP contribution is -2.15. The Morgan fingerprint density at radius 2 is 1.75 bits per heavy atom. The zero-order chi connectivity index (χ0) is 17.5. The predicted molar refractivity (Wildman–Crippen MR) is 100 cm³/mol. The number of hydrogen-bond acceptors (Lipinski definition) is 3. The summed E-state index contributed by atoms with van der Waals surface area (Å²) in [5.41, 5.74) is 1.41. The van der Waals surface area contributed by atoms with Gasteiger partial charge < -0.3 is 14.8 Å². The molecule has 0 saturated heterocycles. The van der Waals surface area contributed by atoms with Crippen LogP contribution in [0.5, 0.6) is 11.5 Å². The largest absolute Gasteiger partial charge is 0.490 e. The van der Waals surface area contributed by atoms with Gasteiger partial charge in [-0.05, 0) is 43.7 Å². The zero-order valence-electron chi connectivity index (χ0n) is 13.6.